The summed E-state index contributed by atoms with van der Waals surface area (Å²) in [5.74, 6) is 1.10. The number of hydrogen-bond acceptors (Lipinski definition) is 3. The van der Waals surface area contributed by atoms with E-state index in [4.69, 9.17) is 10.5 Å². The number of halogens is 2. The molecule has 1 aliphatic rings. The number of carbonyl (C=O) groups excluding carboxylic acids is 1. The maximum Gasteiger partial charge on any atom is 0.224 e. The van der Waals surface area contributed by atoms with Crippen LogP contribution in [0.15, 0.2) is 18.2 Å². The monoisotopic (exact) mass is 410 g/mol. The van der Waals surface area contributed by atoms with E-state index in [1.165, 1.54) is 0 Å². The highest BCUT2D eigenvalue weighted by molar-refractivity contribution is 14.1. The van der Waals surface area contributed by atoms with Gasteiger partial charge in [0.15, 0.2) is 0 Å². The molecule has 0 radical (unpaired) electrons. The number of amides is 1. The first-order valence-corrected chi connectivity index (χ1v) is 7.57. The lowest BCUT2D eigenvalue weighted by Crippen LogP contribution is -2.28. The standard InChI is InChI=1S/C14H19IN2O2.ClH/c1-19-10-5-6-11(15)13(8-10)17-14(18)7-9-3-2-4-12(9)16;/h5-6,8-9,12H,2-4,7,16H2,1H3,(H,17,18);1H/t9-,12+;/m0./s1. The van der Waals surface area contributed by atoms with Crippen LogP contribution in [0.4, 0.5) is 5.69 Å². The lowest BCUT2D eigenvalue weighted by atomic mass is 10.00. The van der Waals surface area contributed by atoms with Gasteiger partial charge in [-0.05, 0) is 53.5 Å². The van der Waals surface area contributed by atoms with Gasteiger partial charge < -0.3 is 15.8 Å². The van der Waals surface area contributed by atoms with Gasteiger partial charge in [0.25, 0.3) is 0 Å². The summed E-state index contributed by atoms with van der Waals surface area (Å²) < 4.78 is 6.17. The van der Waals surface area contributed by atoms with Gasteiger partial charge in [-0.1, -0.05) is 6.42 Å². The minimum Gasteiger partial charge on any atom is -0.497 e. The largest absolute Gasteiger partial charge is 0.497 e. The summed E-state index contributed by atoms with van der Waals surface area (Å²) in [7, 11) is 1.62. The van der Waals surface area contributed by atoms with Crippen molar-refractivity contribution in [3.8, 4) is 5.75 Å². The summed E-state index contributed by atoms with van der Waals surface area (Å²) in [5.41, 5.74) is 6.80. The second-order valence-corrected chi connectivity index (χ2v) is 6.12. The van der Waals surface area contributed by atoms with Crippen LogP contribution in [0, 0.1) is 9.49 Å². The van der Waals surface area contributed by atoms with Crippen LogP contribution in [0.1, 0.15) is 25.7 Å². The molecule has 0 unspecified atom stereocenters. The van der Waals surface area contributed by atoms with Crippen molar-refractivity contribution in [3.05, 3.63) is 21.8 Å². The second-order valence-electron chi connectivity index (χ2n) is 4.95. The summed E-state index contributed by atoms with van der Waals surface area (Å²) in [4.78, 5) is 12.1. The Balaban J connectivity index is 0.00000200. The van der Waals surface area contributed by atoms with E-state index in [-0.39, 0.29) is 24.4 Å². The molecule has 4 nitrogen and oxygen atoms in total. The maximum absolute atomic E-state index is 12.1. The van der Waals surface area contributed by atoms with Gasteiger partial charge in [-0.3, -0.25) is 4.79 Å². The Morgan fingerprint density at radius 3 is 2.85 bits per heavy atom. The second kappa shape index (κ2) is 8.05. The van der Waals surface area contributed by atoms with E-state index in [0.717, 1.165) is 34.3 Å². The van der Waals surface area contributed by atoms with Crippen LogP contribution in [0.2, 0.25) is 0 Å². The normalized spacial score (nSPS) is 21.1. The SMILES string of the molecule is COc1ccc(I)c(NC(=O)C[C@@H]2CCC[C@H]2N)c1.Cl. The third-order valence-electron chi connectivity index (χ3n) is 3.61. The molecular weight excluding hydrogens is 391 g/mol. The summed E-state index contributed by atoms with van der Waals surface area (Å²) >= 11 is 2.20. The van der Waals surface area contributed by atoms with Crippen molar-refractivity contribution >= 4 is 46.6 Å². The fourth-order valence-electron chi connectivity index (χ4n) is 2.49. The lowest BCUT2D eigenvalue weighted by molar-refractivity contribution is -0.117. The van der Waals surface area contributed by atoms with E-state index >= 15 is 0 Å². The van der Waals surface area contributed by atoms with Gasteiger partial charge in [-0.15, -0.1) is 12.4 Å². The molecule has 1 fully saturated rings. The fourth-order valence-corrected chi connectivity index (χ4v) is 2.96. The average Bonchev–Trinajstić information content (AvgIpc) is 2.78. The van der Waals surface area contributed by atoms with Gasteiger partial charge in [-0.2, -0.15) is 0 Å². The van der Waals surface area contributed by atoms with Crippen molar-refractivity contribution < 1.29 is 9.53 Å². The molecule has 6 heteroatoms. The van der Waals surface area contributed by atoms with Gasteiger partial charge in [-0.25, -0.2) is 0 Å². The Labute approximate surface area is 139 Å². The first-order valence-electron chi connectivity index (χ1n) is 6.49. The topological polar surface area (TPSA) is 64.3 Å². The molecule has 1 aromatic rings. The zero-order chi connectivity index (χ0) is 13.8. The molecule has 20 heavy (non-hydrogen) atoms. The number of rotatable bonds is 4. The van der Waals surface area contributed by atoms with Crippen LogP contribution < -0.4 is 15.8 Å². The molecule has 0 heterocycles. The summed E-state index contributed by atoms with van der Waals surface area (Å²) in [6.07, 6.45) is 3.74. The lowest BCUT2D eigenvalue weighted by Gasteiger charge is -2.15. The zero-order valence-corrected chi connectivity index (χ0v) is 14.4. The van der Waals surface area contributed by atoms with Gasteiger partial charge in [0.2, 0.25) is 5.91 Å². The summed E-state index contributed by atoms with van der Waals surface area (Å²) in [5, 5.41) is 2.95. The van der Waals surface area contributed by atoms with E-state index in [1.807, 2.05) is 18.2 Å². The third-order valence-corrected chi connectivity index (χ3v) is 4.55. The molecule has 1 aromatic carbocycles. The molecule has 1 amide bonds. The van der Waals surface area contributed by atoms with E-state index in [0.29, 0.717) is 12.3 Å². The predicted octanol–water partition coefficient (Wildman–Crippen LogP) is 3.18. The number of nitrogens with two attached hydrogens (primary N) is 1. The Hall–Kier alpha value is -0.530. The highest BCUT2D eigenvalue weighted by Crippen LogP contribution is 2.28. The quantitative estimate of drug-likeness (QED) is 0.749. The molecule has 2 rings (SSSR count). The Kier molecular flexibility index (Phi) is 7.05. The molecular formula is C14H20ClIN2O2. The molecule has 1 aliphatic carbocycles. The zero-order valence-electron chi connectivity index (χ0n) is 11.4. The van der Waals surface area contributed by atoms with Gasteiger partial charge >= 0.3 is 0 Å². The number of anilines is 1. The molecule has 0 aromatic heterocycles. The first kappa shape index (κ1) is 17.5. The van der Waals surface area contributed by atoms with Crippen molar-refractivity contribution in [3.63, 3.8) is 0 Å². The van der Waals surface area contributed by atoms with Crippen LogP contribution in [0.25, 0.3) is 0 Å². The maximum atomic E-state index is 12.1. The molecule has 0 bridgehead atoms. The van der Waals surface area contributed by atoms with Crippen LogP contribution in [-0.4, -0.2) is 19.1 Å². The van der Waals surface area contributed by atoms with Crippen LogP contribution in [0.3, 0.4) is 0 Å². The molecule has 0 saturated heterocycles. The van der Waals surface area contributed by atoms with E-state index in [9.17, 15) is 4.79 Å². The molecule has 3 N–H and O–H groups in total. The van der Waals surface area contributed by atoms with E-state index in [1.54, 1.807) is 7.11 Å². The number of carbonyl (C=O) groups is 1. The highest BCUT2D eigenvalue weighted by Gasteiger charge is 2.26. The van der Waals surface area contributed by atoms with E-state index < -0.39 is 0 Å². The van der Waals surface area contributed by atoms with Crippen LogP contribution >= 0.6 is 35.0 Å². The third kappa shape index (κ3) is 4.49. The smallest absolute Gasteiger partial charge is 0.224 e. The summed E-state index contributed by atoms with van der Waals surface area (Å²) in [6, 6.07) is 5.82. The molecule has 0 aliphatic heterocycles. The van der Waals surface area contributed by atoms with Crippen molar-refractivity contribution in [1.29, 1.82) is 0 Å². The Bertz CT molecular complexity index is 470. The first-order chi connectivity index (χ1) is 9.10. The van der Waals surface area contributed by atoms with E-state index in [2.05, 4.69) is 27.9 Å². The molecule has 1 saturated carbocycles. The van der Waals surface area contributed by atoms with Crippen molar-refractivity contribution in [2.24, 2.45) is 11.7 Å². The number of ether oxygens (including phenoxy) is 1. The Morgan fingerprint density at radius 2 is 2.25 bits per heavy atom. The summed E-state index contributed by atoms with van der Waals surface area (Å²) in [6.45, 7) is 0. The predicted molar refractivity (Wildman–Crippen MR) is 91.5 cm³/mol. The molecule has 112 valence electrons. The highest BCUT2D eigenvalue weighted by atomic mass is 127. The number of benzene rings is 1. The van der Waals surface area contributed by atoms with Crippen LogP contribution in [0.5, 0.6) is 5.75 Å². The number of methoxy groups -OCH3 is 1. The van der Waals surface area contributed by atoms with Crippen molar-refractivity contribution in [1.82, 2.24) is 0 Å². The molecule has 0 spiro atoms. The van der Waals surface area contributed by atoms with Gasteiger partial charge in [0, 0.05) is 22.1 Å². The number of hydrogen-bond donors (Lipinski definition) is 2. The Morgan fingerprint density at radius 1 is 1.50 bits per heavy atom. The van der Waals surface area contributed by atoms with Crippen molar-refractivity contribution in [2.45, 2.75) is 31.7 Å². The number of nitrogens with one attached hydrogen (secondary N) is 1. The minimum absolute atomic E-state index is 0. The molecule has 2 atom stereocenters. The van der Waals surface area contributed by atoms with Crippen LogP contribution in [-0.2, 0) is 4.79 Å². The average molecular weight is 411 g/mol. The van der Waals surface area contributed by atoms with Crippen molar-refractivity contribution in [2.75, 3.05) is 12.4 Å². The van der Waals surface area contributed by atoms with Gasteiger partial charge in [0.1, 0.15) is 5.75 Å². The fraction of sp³-hybridized carbons (Fsp3) is 0.500. The van der Waals surface area contributed by atoms with Gasteiger partial charge in [0.05, 0.1) is 12.8 Å². The minimum atomic E-state index is 0.